The number of ketones is 1. The Morgan fingerprint density at radius 1 is 1.50 bits per heavy atom. The average molecular weight is 195 g/mol. The SMILES string of the molecule is CC(=O)/C(C)=C/c1ccc([N+](=O)[O-])o1. The number of nitro groups is 1. The third kappa shape index (κ3) is 2.29. The number of furan rings is 1. The molecular formula is C9H9NO4. The van der Waals surface area contributed by atoms with Crippen LogP contribution in [0.25, 0.3) is 6.08 Å². The van der Waals surface area contributed by atoms with Gasteiger partial charge in [-0.05, 0) is 31.6 Å². The highest BCUT2D eigenvalue weighted by molar-refractivity contribution is 5.96. The summed E-state index contributed by atoms with van der Waals surface area (Å²) < 4.78 is 4.84. The van der Waals surface area contributed by atoms with Crippen LogP contribution in [0.3, 0.4) is 0 Å². The van der Waals surface area contributed by atoms with Gasteiger partial charge in [-0.15, -0.1) is 0 Å². The lowest BCUT2D eigenvalue weighted by Gasteiger charge is -1.90. The predicted octanol–water partition coefficient (Wildman–Crippen LogP) is 2.18. The molecule has 0 amide bonds. The molecule has 0 N–H and O–H groups in total. The minimum absolute atomic E-state index is 0.0935. The number of hydrogen-bond acceptors (Lipinski definition) is 4. The topological polar surface area (TPSA) is 73.3 Å². The zero-order valence-electron chi connectivity index (χ0n) is 7.81. The molecule has 0 atom stereocenters. The fraction of sp³-hybridized carbons (Fsp3) is 0.222. The molecule has 0 radical (unpaired) electrons. The van der Waals surface area contributed by atoms with Gasteiger partial charge in [0.1, 0.15) is 10.7 Å². The van der Waals surface area contributed by atoms with Crippen molar-refractivity contribution in [3.05, 3.63) is 33.6 Å². The van der Waals surface area contributed by atoms with E-state index in [4.69, 9.17) is 4.42 Å². The summed E-state index contributed by atoms with van der Waals surface area (Å²) in [6.45, 7) is 3.04. The summed E-state index contributed by atoms with van der Waals surface area (Å²) in [6.07, 6.45) is 1.47. The first kappa shape index (κ1) is 10.2. The van der Waals surface area contributed by atoms with Crippen molar-refractivity contribution in [2.24, 2.45) is 0 Å². The number of hydrogen-bond donors (Lipinski definition) is 0. The summed E-state index contributed by atoms with van der Waals surface area (Å²) in [5, 5.41) is 10.3. The number of Topliss-reactive ketones (excluding diaryl/α,β-unsaturated/α-hetero) is 1. The molecule has 0 aliphatic carbocycles. The summed E-state index contributed by atoms with van der Waals surface area (Å²) in [5.41, 5.74) is 0.495. The van der Waals surface area contributed by atoms with Crippen LogP contribution in [0, 0.1) is 10.1 Å². The molecule has 0 saturated carbocycles. The van der Waals surface area contributed by atoms with E-state index in [0.717, 1.165) is 0 Å². The molecular weight excluding hydrogens is 186 g/mol. The lowest BCUT2D eigenvalue weighted by atomic mass is 10.2. The molecule has 1 rings (SSSR count). The van der Waals surface area contributed by atoms with Crippen LogP contribution in [0.5, 0.6) is 0 Å². The van der Waals surface area contributed by atoms with Crippen LogP contribution >= 0.6 is 0 Å². The van der Waals surface area contributed by atoms with Crippen molar-refractivity contribution in [2.75, 3.05) is 0 Å². The maximum atomic E-state index is 10.8. The predicted molar refractivity (Wildman–Crippen MR) is 49.7 cm³/mol. The highest BCUT2D eigenvalue weighted by Crippen LogP contribution is 2.17. The fourth-order valence-electron chi connectivity index (χ4n) is 0.833. The first-order valence-corrected chi connectivity index (χ1v) is 3.94. The van der Waals surface area contributed by atoms with Gasteiger partial charge in [-0.25, -0.2) is 0 Å². The number of allylic oxidation sites excluding steroid dienone is 1. The van der Waals surface area contributed by atoms with Crippen LogP contribution in [0.1, 0.15) is 19.6 Å². The van der Waals surface area contributed by atoms with Crippen LogP contribution in [-0.2, 0) is 4.79 Å². The fourth-order valence-corrected chi connectivity index (χ4v) is 0.833. The molecule has 14 heavy (non-hydrogen) atoms. The van der Waals surface area contributed by atoms with E-state index in [9.17, 15) is 14.9 Å². The van der Waals surface area contributed by atoms with E-state index in [2.05, 4.69) is 0 Å². The third-order valence-corrected chi connectivity index (χ3v) is 1.71. The van der Waals surface area contributed by atoms with Crippen molar-refractivity contribution in [1.29, 1.82) is 0 Å². The summed E-state index contributed by atoms with van der Waals surface area (Å²) in [6, 6.07) is 2.70. The molecule has 0 aliphatic heterocycles. The molecule has 5 heteroatoms. The maximum absolute atomic E-state index is 10.8. The van der Waals surface area contributed by atoms with Crippen LogP contribution in [0.15, 0.2) is 22.1 Å². The Hall–Kier alpha value is -1.91. The smallest absolute Gasteiger partial charge is 0.401 e. The molecule has 0 aromatic carbocycles. The van der Waals surface area contributed by atoms with E-state index >= 15 is 0 Å². The van der Waals surface area contributed by atoms with Crippen molar-refractivity contribution in [2.45, 2.75) is 13.8 Å². The van der Waals surface area contributed by atoms with Crippen molar-refractivity contribution < 1.29 is 14.1 Å². The van der Waals surface area contributed by atoms with E-state index in [-0.39, 0.29) is 11.7 Å². The van der Waals surface area contributed by atoms with Gasteiger partial charge < -0.3 is 4.42 Å². The first-order valence-electron chi connectivity index (χ1n) is 3.94. The zero-order chi connectivity index (χ0) is 10.7. The Morgan fingerprint density at radius 2 is 2.14 bits per heavy atom. The Morgan fingerprint density at radius 3 is 2.57 bits per heavy atom. The third-order valence-electron chi connectivity index (χ3n) is 1.71. The second kappa shape index (κ2) is 3.87. The second-order valence-corrected chi connectivity index (χ2v) is 2.82. The van der Waals surface area contributed by atoms with E-state index in [1.54, 1.807) is 6.92 Å². The number of carbonyl (C=O) groups is 1. The number of rotatable bonds is 3. The zero-order valence-corrected chi connectivity index (χ0v) is 7.81. The number of nitrogens with zero attached hydrogens (tertiary/aromatic N) is 1. The van der Waals surface area contributed by atoms with Crippen molar-refractivity contribution in [3.8, 4) is 0 Å². The van der Waals surface area contributed by atoms with Gasteiger partial charge in [0.05, 0.1) is 6.07 Å². The van der Waals surface area contributed by atoms with Gasteiger partial charge in [-0.1, -0.05) is 0 Å². The monoisotopic (exact) mass is 195 g/mol. The molecule has 1 aromatic rings. The van der Waals surface area contributed by atoms with Gasteiger partial charge in [-0.3, -0.25) is 14.9 Å². The molecule has 0 bridgehead atoms. The normalized spacial score (nSPS) is 11.4. The summed E-state index contributed by atoms with van der Waals surface area (Å²) in [5.74, 6) is -0.110. The number of carbonyl (C=O) groups excluding carboxylic acids is 1. The van der Waals surface area contributed by atoms with Gasteiger partial charge in [0, 0.05) is 0 Å². The Labute approximate surface area is 80.2 Å². The quantitative estimate of drug-likeness (QED) is 0.421. The largest absolute Gasteiger partial charge is 0.433 e. The molecule has 0 unspecified atom stereocenters. The lowest BCUT2D eigenvalue weighted by molar-refractivity contribution is -0.402. The van der Waals surface area contributed by atoms with Crippen LogP contribution in [0.4, 0.5) is 5.88 Å². The molecule has 1 aromatic heterocycles. The molecule has 1 heterocycles. The first-order chi connectivity index (χ1) is 6.50. The molecule has 0 saturated heterocycles. The van der Waals surface area contributed by atoms with Gasteiger partial charge in [0.2, 0.25) is 0 Å². The highest BCUT2D eigenvalue weighted by atomic mass is 16.6. The summed E-state index contributed by atoms with van der Waals surface area (Å²) in [4.78, 5) is 20.5. The molecule has 74 valence electrons. The molecule has 5 nitrogen and oxygen atoms in total. The van der Waals surface area contributed by atoms with E-state index in [0.29, 0.717) is 11.3 Å². The summed E-state index contributed by atoms with van der Waals surface area (Å²) >= 11 is 0. The van der Waals surface area contributed by atoms with E-state index < -0.39 is 4.92 Å². The maximum Gasteiger partial charge on any atom is 0.433 e. The van der Waals surface area contributed by atoms with E-state index in [1.807, 2.05) is 0 Å². The van der Waals surface area contributed by atoms with Crippen LogP contribution in [0.2, 0.25) is 0 Å². The highest BCUT2D eigenvalue weighted by Gasteiger charge is 2.10. The van der Waals surface area contributed by atoms with Gasteiger partial charge >= 0.3 is 5.88 Å². The van der Waals surface area contributed by atoms with Gasteiger partial charge in [0.25, 0.3) is 0 Å². The van der Waals surface area contributed by atoms with Crippen molar-refractivity contribution in [3.63, 3.8) is 0 Å². The minimum Gasteiger partial charge on any atom is -0.401 e. The van der Waals surface area contributed by atoms with Crippen LogP contribution < -0.4 is 0 Å². The minimum atomic E-state index is -0.625. The molecule has 0 aliphatic rings. The Balaban J connectivity index is 2.93. The lowest BCUT2D eigenvalue weighted by Crippen LogP contribution is -1.89. The van der Waals surface area contributed by atoms with Crippen molar-refractivity contribution in [1.82, 2.24) is 0 Å². The van der Waals surface area contributed by atoms with Crippen LogP contribution in [-0.4, -0.2) is 10.7 Å². The Kier molecular flexibility index (Phi) is 2.81. The van der Waals surface area contributed by atoms with E-state index in [1.165, 1.54) is 25.1 Å². The molecule has 0 spiro atoms. The van der Waals surface area contributed by atoms with Gasteiger partial charge in [0.15, 0.2) is 5.78 Å². The van der Waals surface area contributed by atoms with Gasteiger partial charge in [-0.2, -0.15) is 0 Å². The Bertz CT molecular complexity index is 403. The summed E-state index contributed by atoms with van der Waals surface area (Å²) in [7, 11) is 0. The average Bonchev–Trinajstić information content (AvgIpc) is 2.52. The second-order valence-electron chi connectivity index (χ2n) is 2.82. The van der Waals surface area contributed by atoms with Crippen molar-refractivity contribution >= 4 is 17.7 Å². The molecule has 0 fully saturated rings. The standard InChI is InChI=1S/C9H9NO4/c1-6(7(2)11)5-8-3-4-9(14-8)10(12)13/h3-5H,1-2H3/b6-5+.